The van der Waals surface area contributed by atoms with Gasteiger partial charge in [-0.3, -0.25) is 0 Å². The Kier molecular flexibility index (Phi) is 1.69. The normalized spacial score (nSPS) is 41.2. The molecular weight excluding hydrogens is 134 g/mol. The number of aliphatic hydroxyl groups is 1. The van der Waals surface area contributed by atoms with Crippen molar-refractivity contribution < 1.29 is 5.11 Å². The summed E-state index contributed by atoms with van der Waals surface area (Å²) in [4.78, 5) is 0. The zero-order chi connectivity index (χ0) is 6.91. The molecule has 3 heteroatoms. The van der Waals surface area contributed by atoms with E-state index in [-0.39, 0.29) is 5.25 Å². The highest BCUT2D eigenvalue weighted by molar-refractivity contribution is 8.01. The first-order chi connectivity index (χ1) is 4.23. The fourth-order valence-corrected chi connectivity index (χ4v) is 1.99. The average molecular weight is 143 g/mol. The maximum Gasteiger partial charge on any atom is 0.171 e. The van der Waals surface area contributed by atoms with E-state index < -0.39 is 5.60 Å². The van der Waals surface area contributed by atoms with Gasteiger partial charge >= 0.3 is 0 Å². The van der Waals surface area contributed by atoms with Crippen LogP contribution < -0.4 is 0 Å². The Hall–Kier alpha value is -0.200. The van der Waals surface area contributed by atoms with Gasteiger partial charge in [0, 0.05) is 11.0 Å². The summed E-state index contributed by atoms with van der Waals surface area (Å²) in [5, 5.41) is 17.9. The Labute approximate surface area is 58.9 Å². The fourth-order valence-electron chi connectivity index (χ4n) is 0.919. The monoisotopic (exact) mass is 143 g/mol. The predicted octanol–water partition coefficient (Wildman–Crippen LogP) is 0.766. The highest BCUT2D eigenvalue weighted by Gasteiger charge is 2.45. The topological polar surface area (TPSA) is 44.0 Å². The predicted molar refractivity (Wildman–Crippen MR) is 37.1 cm³/mol. The third kappa shape index (κ3) is 0.930. The van der Waals surface area contributed by atoms with E-state index in [1.54, 1.807) is 11.8 Å². The van der Waals surface area contributed by atoms with E-state index >= 15 is 0 Å². The molecule has 1 N–H and O–H groups in total. The van der Waals surface area contributed by atoms with E-state index in [9.17, 15) is 5.11 Å². The standard InChI is InChI=1S/C6H9NOS/c1-2-5-6(8,3-7)4-9-5/h5,8H,2,4H2,1H3. The average Bonchev–Trinajstić information content (AvgIpc) is 1.85. The minimum atomic E-state index is -1.00. The number of nitriles is 1. The van der Waals surface area contributed by atoms with Crippen LogP contribution in [-0.4, -0.2) is 21.7 Å². The first-order valence-electron chi connectivity index (χ1n) is 2.98. The lowest BCUT2D eigenvalue weighted by atomic mass is 10.0. The minimum absolute atomic E-state index is 0.155. The summed E-state index contributed by atoms with van der Waals surface area (Å²) >= 11 is 1.66. The first kappa shape index (κ1) is 6.91. The molecule has 1 aliphatic rings. The molecule has 2 atom stereocenters. The van der Waals surface area contributed by atoms with Gasteiger partial charge in [-0.05, 0) is 6.42 Å². The molecule has 0 spiro atoms. The van der Waals surface area contributed by atoms with Gasteiger partial charge < -0.3 is 5.11 Å². The summed E-state index contributed by atoms with van der Waals surface area (Å²) in [6.07, 6.45) is 0.884. The van der Waals surface area contributed by atoms with E-state index in [2.05, 4.69) is 0 Å². The van der Waals surface area contributed by atoms with Crippen LogP contribution in [0.2, 0.25) is 0 Å². The number of rotatable bonds is 1. The molecule has 0 bridgehead atoms. The van der Waals surface area contributed by atoms with Crippen molar-refractivity contribution in [2.24, 2.45) is 0 Å². The maximum absolute atomic E-state index is 9.30. The molecule has 0 radical (unpaired) electrons. The van der Waals surface area contributed by atoms with Crippen LogP contribution in [0.5, 0.6) is 0 Å². The molecule has 2 unspecified atom stereocenters. The van der Waals surface area contributed by atoms with Crippen molar-refractivity contribution in [2.75, 3.05) is 5.75 Å². The van der Waals surface area contributed by atoms with Gasteiger partial charge in [-0.15, -0.1) is 0 Å². The van der Waals surface area contributed by atoms with E-state index in [4.69, 9.17) is 5.26 Å². The van der Waals surface area contributed by atoms with Gasteiger partial charge in [0.25, 0.3) is 0 Å². The van der Waals surface area contributed by atoms with Crippen LogP contribution in [0, 0.1) is 11.3 Å². The van der Waals surface area contributed by atoms with Gasteiger partial charge in [-0.25, -0.2) is 0 Å². The summed E-state index contributed by atoms with van der Waals surface area (Å²) in [6.45, 7) is 1.99. The lowest BCUT2D eigenvalue weighted by Gasteiger charge is -2.38. The van der Waals surface area contributed by atoms with Crippen molar-refractivity contribution in [1.29, 1.82) is 5.26 Å². The lowest BCUT2D eigenvalue weighted by molar-refractivity contribution is 0.105. The fraction of sp³-hybridized carbons (Fsp3) is 0.833. The number of nitrogens with zero attached hydrogens (tertiary/aromatic N) is 1. The number of hydrogen-bond donors (Lipinski definition) is 1. The van der Waals surface area contributed by atoms with Crippen molar-refractivity contribution in [3.8, 4) is 6.07 Å². The van der Waals surface area contributed by atoms with Gasteiger partial charge in [0.15, 0.2) is 5.60 Å². The zero-order valence-electron chi connectivity index (χ0n) is 5.29. The number of hydrogen-bond acceptors (Lipinski definition) is 3. The van der Waals surface area contributed by atoms with Crippen molar-refractivity contribution in [2.45, 2.75) is 24.2 Å². The maximum atomic E-state index is 9.30. The van der Waals surface area contributed by atoms with Crippen LogP contribution in [0.3, 0.4) is 0 Å². The van der Waals surface area contributed by atoms with Gasteiger partial charge in [0.05, 0.1) is 6.07 Å². The summed E-state index contributed by atoms with van der Waals surface area (Å²) in [5.41, 5.74) is -1.00. The SMILES string of the molecule is CCC1SCC1(O)C#N. The molecule has 1 heterocycles. The molecule has 1 saturated heterocycles. The van der Waals surface area contributed by atoms with Gasteiger partial charge in [-0.1, -0.05) is 6.92 Å². The smallest absolute Gasteiger partial charge is 0.171 e. The Morgan fingerprint density at radius 2 is 2.67 bits per heavy atom. The third-order valence-corrected chi connectivity index (χ3v) is 3.33. The van der Waals surface area contributed by atoms with Crippen LogP contribution >= 0.6 is 11.8 Å². The van der Waals surface area contributed by atoms with Gasteiger partial charge in [-0.2, -0.15) is 17.0 Å². The molecule has 0 aromatic rings. The van der Waals surface area contributed by atoms with Crippen LogP contribution in [-0.2, 0) is 0 Å². The quantitative estimate of drug-likeness (QED) is 0.551. The molecular formula is C6H9NOS. The molecule has 50 valence electrons. The summed E-state index contributed by atoms with van der Waals surface area (Å²) in [5.74, 6) is 0.585. The second-order valence-electron chi connectivity index (χ2n) is 2.24. The second kappa shape index (κ2) is 2.20. The highest BCUT2D eigenvalue weighted by Crippen LogP contribution is 2.39. The van der Waals surface area contributed by atoms with E-state index in [0.717, 1.165) is 6.42 Å². The third-order valence-electron chi connectivity index (χ3n) is 1.60. The van der Waals surface area contributed by atoms with Gasteiger partial charge in [0.1, 0.15) is 0 Å². The number of thioether (sulfide) groups is 1. The molecule has 0 amide bonds. The molecule has 0 aromatic heterocycles. The van der Waals surface area contributed by atoms with Crippen LogP contribution in [0.25, 0.3) is 0 Å². The van der Waals surface area contributed by atoms with Crippen LogP contribution in [0.1, 0.15) is 13.3 Å². The van der Waals surface area contributed by atoms with Crippen LogP contribution in [0.15, 0.2) is 0 Å². The van der Waals surface area contributed by atoms with Crippen molar-refractivity contribution >= 4 is 11.8 Å². The molecule has 1 rings (SSSR count). The molecule has 1 aliphatic heterocycles. The Morgan fingerprint density at radius 1 is 2.00 bits per heavy atom. The Bertz CT molecular complexity index is 152. The lowest BCUT2D eigenvalue weighted by Crippen LogP contribution is -2.50. The molecule has 2 nitrogen and oxygen atoms in total. The van der Waals surface area contributed by atoms with E-state index in [1.807, 2.05) is 13.0 Å². The molecule has 0 saturated carbocycles. The molecule has 0 aliphatic carbocycles. The molecule has 9 heavy (non-hydrogen) atoms. The van der Waals surface area contributed by atoms with E-state index in [0.29, 0.717) is 5.75 Å². The summed E-state index contributed by atoms with van der Waals surface area (Å²) < 4.78 is 0. The van der Waals surface area contributed by atoms with Crippen molar-refractivity contribution in [3.05, 3.63) is 0 Å². The minimum Gasteiger partial charge on any atom is -0.373 e. The van der Waals surface area contributed by atoms with Crippen LogP contribution in [0.4, 0.5) is 0 Å². The second-order valence-corrected chi connectivity index (χ2v) is 3.43. The Balaban J connectivity index is 2.54. The highest BCUT2D eigenvalue weighted by atomic mass is 32.2. The summed E-state index contributed by atoms with van der Waals surface area (Å²) in [7, 11) is 0. The van der Waals surface area contributed by atoms with Crippen molar-refractivity contribution in [3.63, 3.8) is 0 Å². The Morgan fingerprint density at radius 3 is 2.78 bits per heavy atom. The zero-order valence-corrected chi connectivity index (χ0v) is 6.11. The summed E-state index contributed by atoms with van der Waals surface area (Å²) in [6, 6.07) is 1.91. The first-order valence-corrected chi connectivity index (χ1v) is 4.03. The van der Waals surface area contributed by atoms with Gasteiger partial charge in [0.2, 0.25) is 0 Å². The largest absolute Gasteiger partial charge is 0.373 e. The van der Waals surface area contributed by atoms with E-state index in [1.165, 1.54) is 0 Å². The molecule has 0 aromatic carbocycles. The molecule has 1 fully saturated rings. The van der Waals surface area contributed by atoms with Crippen molar-refractivity contribution in [1.82, 2.24) is 0 Å².